The van der Waals surface area contributed by atoms with Gasteiger partial charge in [0.05, 0.1) is 5.92 Å². The lowest BCUT2D eigenvalue weighted by Gasteiger charge is -2.34. The van der Waals surface area contributed by atoms with Gasteiger partial charge in [-0.2, -0.15) is 0 Å². The van der Waals surface area contributed by atoms with E-state index < -0.39 is 6.03 Å². The van der Waals surface area contributed by atoms with E-state index in [2.05, 4.69) is 6.92 Å². The Morgan fingerprint density at radius 2 is 2.08 bits per heavy atom. The summed E-state index contributed by atoms with van der Waals surface area (Å²) in [6, 6.07) is 9.64. The molecule has 3 amide bonds. The molecule has 25 heavy (non-hydrogen) atoms. The van der Waals surface area contributed by atoms with Crippen molar-refractivity contribution in [2.24, 2.45) is 11.7 Å². The first-order valence-corrected chi connectivity index (χ1v) is 9.16. The van der Waals surface area contributed by atoms with E-state index in [-0.39, 0.29) is 11.8 Å². The van der Waals surface area contributed by atoms with Crippen LogP contribution in [-0.4, -0.2) is 47.9 Å². The molecular formula is C20H29N3O2. The number of piperidine rings is 1. The van der Waals surface area contributed by atoms with Gasteiger partial charge in [0.2, 0.25) is 5.91 Å². The van der Waals surface area contributed by atoms with Crippen LogP contribution in [0.3, 0.4) is 0 Å². The molecule has 0 aliphatic carbocycles. The molecule has 1 unspecified atom stereocenters. The maximum atomic E-state index is 12.9. The van der Waals surface area contributed by atoms with Crippen LogP contribution in [0, 0.1) is 5.92 Å². The predicted molar refractivity (Wildman–Crippen MR) is 101 cm³/mol. The topological polar surface area (TPSA) is 66.6 Å². The van der Waals surface area contributed by atoms with Gasteiger partial charge < -0.3 is 15.5 Å². The van der Waals surface area contributed by atoms with Gasteiger partial charge in [0.15, 0.2) is 0 Å². The van der Waals surface area contributed by atoms with E-state index in [0.29, 0.717) is 19.6 Å². The third-order valence-electron chi connectivity index (χ3n) is 4.61. The fourth-order valence-corrected chi connectivity index (χ4v) is 3.16. The molecule has 1 aliphatic heterocycles. The van der Waals surface area contributed by atoms with Gasteiger partial charge in [0.1, 0.15) is 0 Å². The molecule has 1 atom stereocenters. The fourth-order valence-electron chi connectivity index (χ4n) is 3.16. The Kier molecular flexibility index (Phi) is 7.51. The second-order valence-corrected chi connectivity index (χ2v) is 6.57. The maximum Gasteiger partial charge on any atom is 0.314 e. The second-order valence-electron chi connectivity index (χ2n) is 6.57. The molecule has 1 aromatic carbocycles. The van der Waals surface area contributed by atoms with Crippen LogP contribution in [0.5, 0.6) is 0 Å². The van der Waals surface area contributed by atoms with Crippen LogP contribution in [-0.2, 0) is 4.79 Å². The number of carbonyl (C=O) groups is 2. The number of benzene rings is 1. The lowest BCUT2D eigenvalue weighted by atomic mass is 9.96. The van der Waals surface area contributed by atoms with Crippen LogP contribution in [0.1, 0.15) is 38.2 Å². The first kappa shape index (κ1) is 19.0. The molecule has 1 aromatic rings. The van der Waals surface area contributed by atoms with Crippen LogP contribution in [0.2, 0.25) is 0 Å². The van der Waals surface area contributed by atoms with Crippen molar-refractivity contribution in [1.29, 1.82) is 0 Å². The molecule has 0 spiro atoms. The van der Waals surface area contributed by atoms with Crippen LogP contribution in [0.15, 0.2) is 36.4 Å². The molecule has 0 saturated carbocycles. The number of urea groups is 1. The largest absolute Gasteiger partial charge is 0.351 e. The van der Waals surface area contributed by atoms with Crippen LogP contribution in [0.25, 0.3) is 6.08 Å². The van der Waals surface area contributed by atoms with Crippen molar-refractivity contribution < 1.29 is 9.59 Å². The summed E-state index contributed by atoms with van der Waals surface area (Å²) in [7, 11) is 0. The van der Waals surface area contributed by atoms with Crippen molar-refractivity contribution in [1.82, 2.24) is 9.80 Å². The molecule has 2 N–H and O–H groups in total. The molecule has 1 heterocycles. The van der Waals surface area contributed by atoms with Crippen molar-refractivity contribution in [2.75, 3.05) is 26.2 Å². The highest BCUT2D eigenvalue weighted by atomic mass is 16.2. The minimum Gasteiger partial charge on any atom is -0.351 e. The lowest BCUT2D eigenvalue weighted by molar-refractivity contribution is -0.136. The SMILES string of the molecule is CCCCN(CC=Cc1ccccc1)C(=O)C1CCCN(C(N)=O)C1. The van der Waals surface area contributed by atoms with E-state index in [4.69, 9.17) is 5.73 Å². The molecule has 5 heteroatoms. The number of nitrogens with two attached hydrogens (primary N) is 1. The standard InChI is InChI=1S/C20H29N3O2/c1-2-3-13-22(14-7-11-17-9-5-4-6-10-17)19(24)18-12-8-15-23(16-18)20(21)25/h4-7,9-11,18H,2-3,8,12-16H2,1H3,(H2,21,25). The summed E-state index contributed by atoms with van der Waals surface area (Å²) in [5, 5.41) is 0. The lowest BCUT2D eigenvalue weighted by Crippen LogP contribution is -2.48. The summed E-state index contributed by atoms with van der Waals surface area (Å²) in [6.07, 6.45) is 7.77. The van der Waals surface area contributed by atoms with Crippen molar-refractivity contribution in [2.45, 2.75) is 32.6 Å². The highest BCUT2D eigenvalue weighted by molar-refractivity contribution is 5.81. The molecule has 136 valence electrons. The minimum atomic E-state index is -0.429. The Morgan fingerprint density at radius 3 is 2.76 bits per heavy atom. The monoisotopic (exact) mass is 343 g/mol. The molecule has 0 aromatic heterocycles. The second kappa shape index (κ2) is 9.87. The van der Waals surface area contributed by atoms with Crippen LogP contribution >= 0.6 is 0 Å². The van der Waals surface area contributed by atoms with E-state index in [1.165, 1.54) is 0 Å². The number of primary amides is 1. The summed E-state index contributed by atoms with van der Waals surface area (Å²) < 4.78 is 0. The molecule has 0 bridgehead atoms. The third kappa shape index (κ3) is 5.93. The summed E-state index contributed by atoms with van der Waals surface area (Å²) >= 11 is 0. The molecule has 1 fully saturated rings. The van der Waals surface area contributed by atoms with Gasteiger partial charge in [-0.25, -0.2) is 4.79 Å². The first-order chi connectivity index (χ1) is 12.1. The summed E-state index contributed by atoms with van der Waals surface area (Å²) in [5.74, 6) is 0.000318. The summed E-state index contributed by atoms with van der Waals surface area (Å²) in [5.41, 5.74) is 6.51. The van der Waals surface area contributed by atoms with Gasteiger partial charge in [-0.05, 0) is 24.8 Å². The van der Waals surface area contributed by atoms with E-state index >= 15 is 0 Å². The maximum absolute atomic E-state index is 12.9. The van der Waals surface area contributed by atoms with E-state index in [1.54, 1.807) is 4.90 Å². The van der Waals surface area contributed by atoms with Gasteiger partial charge in [-0.1, -0.05) is 55.8 Å². The van der Waals surface area contributed by atoms with Gasteiger partial charge >= 0.3 is 6.03 Å². The molecule has 1 aliphatic rings. The first-order valence-electron chi connectivity index (χ1n) is 9.16. The van der Waals surface area contributed by atoms with E-state index in [1.807, 2.05) is 47.4 Å². The highest BCUT2D eigenvalue weighted by Crippen LogP contribution is 2.19. The van der Waals surface area contributed by atoms with Gasteiger partial charge in [0.25, 0.3) is 0 Å². The number of carbonyl (C=O) groups excluding carboxylic acids is 2. The number of hydrogen-bond acceptors (Lipinski definition) is 2. The Morgan fingerprint density at radius 1 is 1.32 bits per heavy atom. The Labute approximate surface area is 150 Å². The van der Waals surface area contributed by atoms with Crippen molar-refractivity contribution in [3.63, 3.8) is 0 Å². The quantitative estimate of drug-likeness (QED) is 0.826. The molecule has 0 radical (unpaired) electrons. The van der Waals surface area contributed by atoms with Crippen LogP contribution < -0.4 is 5.73 Å². The average Bonchev–Trinajstić information content (AvgIpc) is 2.65. The van der Waals surface area contributed by atoms with Crippen molar-refractivity contribution >= 4 is 18.0 Å². The zero-order valence-corrected chi connectivity index (χ0v) is 15.1. The normalized spacial score (nSPS) is 17.6. The Hall–Kier alpha value is -2.30. The fraction of sp³-hybridized carbons (Fsp3) is 0.500. The third-order valence-corrected chi connectivity index (χ3v) is 4.61. The number of amides is 3. The van der Waals surface area contributed by atoms with Crippen molar-refractivity contribution in [3.8, 4) is 0 Å². The highest BCUT2D eigenvalue weighted by Gasteiger charge is 2.30. The van der Waals surface area contributed by atoms with Gasteiger partial charge in [-0.3, -0.25) is 4.79 Å². The number of likely N-dealkylation sites (tertiary alicyclic amines) is 1. The molecule has 2 rings (SSSR count). The van der Waals surface area contributed by atoms with Crippen LogP contribution in [0.4, 0.5) is 4.79 Å². The molecule has 1 saturated heterocycles. The molecule has 5 nitrogen and oxygen atoms in total. The Balaban J connectivity index is 1.98. The summed E-state index contributed by atoms with van der Waals surface area (Å²) in [6.45, 7) is 4.57. The Bertz CT molecular complexity index is 586. The number of nitrogens with zero attached hydrogens (tertiary/aromatic N) is 2. The zero-order chi connectivity index (χ0) is 18.1. The average molecular weight is 343 g/mol. The zero-order valence-electron chi connectivity index (χ0n) is 15.1. The number of rotatable bonds is 7. The van der Waals surface area contributed by atoms with E-state index in [9.17, 15) is 9.59 Å². The van der Waals surface area contributed by atoms with Gasteiger partial charge in [0, 0.05) is 26.2 Å². The number of hydrogen-bond donors (Lipinski definition) is 1. The van der Waals surface area contributed by atoms with Crippen molar-refractivity contribution in [3.05, 3.63) is 42.0 Å². The number of unbranched alkanes of at least 4 members (excludes halogenated alkanes) is 1. The summed E-state index contributed by atoms with van der Waals surface area (Å²) in [4.78, 5) is 27.8. The van der Waals surface area contributed by atoms with Gasteiger partial charge in [-0.15, -0.1) is 0 Å². The molecular weight excluding hydrogens is 314 g/mol. The minimum absolute atomic E-state index is 0.136. The predicted octanol–water partition coefficient (Wildman–Crippen LogP) is 3.12. The van der Waals surface area contributed by atoms with E-state index in [0.717, 1.165) is 37.8 Å². The smallest absolute Gasteiger partial charge is 0.314 e.